The Hall–Kier alpha value is -2.69. The molecule has 0 aromatic heterocycles. The standard InChI is InChI=1S/C16H18N2O3/c1-20-14-5-7-15(8-6-14)21-10-9-18-16(19)12-3-2-4-13(17)11-12/h2-8,11H,9-10,17H2,1H3,(H,18,19). The molecule has 5 nitrogen and oxygen atoms in total. The first-order valence-electron chi connectivity index (χ1n) is 6.59. The molecule has 21 heavy (non-hydrogen) atoms. The van der Waals surface area contributed by atoms with Crippen molar-refractivity contribution in [2.24, 2.45) is 0 Å². The van der Waals surface area contributed by atoms with E-state index in [4.69, 9.17) is 15.2 Å². The van der Waals surface area contributed by atoms with Gasteiger partial charge in [-0.05, 0) is 42.5 Å². The van der Waals surface area contributed by atoms with Crippen LogP contribution in [-0.2, 0) is 0 Å². The van der Waals surface area contributed by atoms with E-state index in [-0.39, 0.29) is 5.91 Å². The van der Waals surface area contributed by atoms with Crippen molar-refractivity contribution in [2.75, 3.05) is 26.0 Å². The Morgan fingerprint density at radius 3 is 2.52 bits per heavy atom. The first-order valence-corrected chi connectivity index (χ1v) is 6.59. The maximum atomic E-state index is 11.9. The Morgan fingerprint density at radius 1 is 1.14 bits per heavy atom. The van der Waals surface area contributed by atoms with Crippen molar-refractivity contribution < 1.29 is 14.3 Å². The van der Waals surface area contributed by atoms with Crippen LogP contribution in [0.4, 0.5) is 5.69 Å². The first-order chi connectivity index (χ1) is 10.2. The third-order valence-electron chi connectivity index (χ3n) is 2.86. The SMILES string of the molecule is COc1ccc(OCCNC(=O)c2cccc(N)c2)cc1. The average molecular weight is 286 g/mol. The highest BCUT2D eigenvalue weighted by atomic mass is 16.5. The largest absolute Gasteiger partial charge is 0.497 e. The molecular weight excluding hydrogens is 268 g/mol. The quantitative estimate of drug-likeness (QED) is 0.630. The van der Waals surface area contributed by atoms with Gasteiger partial charge in [-0.15, -0.1) is 0 Å². The van der Waals surface area contributed by atoms with Gasteiger partial charge in [0.15, 0.2) is 0 Å². The lowest BCUT2D eigenvalue weighted by molar-refractivity contribution is 0.0947. The predicted octanol–water partition coefficient (Wildman–Crippen LogP) is 2.09. The van der Waals surface area contributed by atoms with Crippen molar-refractivity contribution in [1.82, 2.24) is 5.32 Å². The molecule has 0 aliphatic carbocycles. The minimum atomic E-state index is -0.166. The van der Waals surface area contributed by atoms with E-state index in [1.807, 2.05) is 24.3 Å². The van der Waals surface area contributed by atoms with Gasteiger partial charge >= 0.3 is 0 Å². The summed E-state index contributed by atoms with van der Waals surface area (Å²) in [6, 6.07) is 14.1. The number of benzene rings is 2. The number of carbonyl (C=O) groups excluding carboxylic acids is 1. The van der Waals surface area contributed by atoms with Crippen LogP contribution in [0.1, 0.15) is 10.4 Å². The molecular formula is C16H18N2O3. The molecule has 0 aliphatic heterocycles. The monoisotopic (exact) mass is 286 g/mol. The Kier molecular flexibility index (Phi) is 5.04. The molecule has 0 unspecified atom stereocenters. The summed E-state index contributed by atoms with van der Waals surface area (Å²) in [4.78, 5) is 11.9. The normalized spacial score (nSPS) is 9.95. The molecule has 5 heteroatoms. The molecule has 0 aliphatic rings. The molecule has 2 aromatic carbocycles. The lowest BCUT2D eigenvalue weighted by Crippen LogP contribution is -2.28. The van der Waals surface area contributed by atoms with Crippen molar-refractivity contribution >= 4 is 11.6 Å². The van der Waals surface area contributed by atoms with Crippen LogP contribution >= 0.6 is 0 Å². The Morgan fingerprint density at radius 2 is 1.86 bits per heavy atom. The number of nitrogens with one attached hydrogen (secondary N) is 1. The van der Waals surface area contributed by atoms with Crippen molar-refractivity contribution in [1.29, 1.82) is 0 Å². The van der Waals surface area contributed by atoms with E-state index in [0.29, 0.717) is 24.4 Å². The van der Waals surface area contributed by atoms with Crippen LogP contribution < -0.4 is 20.5 Å². The summed E-state index contributed by atoms with van der Waals surface area (Å²) in [5.41, 5.74) is 6.74. The lowest BCUT2D eigenvalue weighted by Gasteiger charge is -2.08. The number of methoxy groups -OCH3 is 1. The van der Waals surface area contributed by atoms with Crippen molar-refractivity contribution in [2.45, 2.75) is 0 Å². The number of nitrogen functional groups attached to an aromatic ring is 1. The van der Waals surface area contributed by atoms with E-state index in [2.05, 4.69) is 5.32 Å². The molecule has 2 aromatic rings. The summed E-state index contributed by atoms with van der Waals surface area (Å²) >= 11 is 0. The number of anilines is 1. The van der Waals surface area contributed by atoms with Gasteiger partial charge in [-0.2, -0.15) is 0 Å². The van der Waals surface area contributed by atoms with Gasteiger partial charge < -0.3 is 20.5 Å². The molecule has 0 radical (unpaired) electrons. The number of rotatable bonds is 6. The zero-order valence-electron chi connectivity index (χ0n) is 11.8. The van der Waals surface area contributed by atoms with Gasteiger partial charge in [0, 0.05) is 11.3 Å². The van der Waals surface area contributed by atoms with Crippen molar-refractivity contribution in [3.05, 3.63) is 54.1 Å². The van der Waals surface area contributed by atoms with Crippen molar-refractivity contribution in [3.63, 3.8) is 0 Å². The molecule has 0 bridgehead atoms. The zero-order chi connectivity index (χ0) is 15.1. The van der Waals surface area contributed by atoms with Crippen LogP contribution in [0.15, 0.2) is 48.5 Å². The van der Waals surface area contributed by atoms with Crippen LogP contribution in [0.3, 0.4) is 0 Å². The molecule has 0 atom stereocenters. The van der Waals surface area contributed by atoms with Gasteiger partial charge in [0.1, 0.15) is 18.1 Å². The number of ether oxygens (including phenoxy) is 2. The second kappa shape index (κ2) is 7.19. The van der Waals surface area contributed by atoms with E-state index in [1.165, 1.54) is 0 Å². The van der Waals surface area contributed by atoms with Gasteiger partial charge in [0.05, 0.1) is 13.7 Å². The number of amides is 1. The molecule has 0 heterocycles. The summed E-state index contributed by atoms with van der Waals surface area (Å²) in [6.45, 7) is 0.806. The Bertz CT molecular complexity index is 597. The fourth-order valence-electron chi connectivity index (χ4n) is 1.79. The van der Waals surface area contributed by atoms with E-state index in [0.717, 1.165) is 11.5 Å². The predicted molar refractivity (Wildman–Crippen MR) is 81.7 cm³/mol. The topological polar surface area (TPSA) is 73.6 Å². The van der Waals surface area contributed by atoms with Crippen molar-refractivity contribution in [3.8, 4) is 11.5 Å². The molecule has 0 spiro atoms. The van der Waals surface area contributed by atoms with Crippen LogP contribution in [-0.4, -0.2) is 26.2 Å². The molecule has 0 fully saturated rings. The van der Waals surface area contributed by atoms with Gasteiger partial charge in [-0.3, -0.25) is 4.79 Å². The van der Waals surface area contributed by atoms with Gasteiger partial charge in [0.25, 0.3) is 5.91 Å². The fraction of sp³-hybridized carbons (Fsp3) is 0.188. The van der Waals surface area contributed by atoms with Gasteiger partial charge in [0.2, 0.25) is 0 Å². The van der Waals surface area contributed by atoms with Gasteiger partial charge in [-0.1, -0.05) is 6.07 Å². The van der Waals surface area contributed by atoms with E-state index in [1.54, 1.807) is 31.4 Å². The molecule has 3 N–H and O–H groups in total. The third kappa shape index (κ3) is 4.42. The molecule has 2 rings (SSSR count). The van der Waals surface area contributed by atoms with Crippen LogP contribution in [0.5, 0.6) is 11.5 Å². The Labute approximate surface area is 123 Å². The lowest BCUT2D eigenvalue weighted by atomic mass is 10.2. The van der Waals surface area contributed by atoms with E-state index >= 15 is 0 Å². The molecule has 0 saturated carbocycles. The summed E-state index contributed by atoms with van der Waals surface area (Å²) in [5.74, 6) is 1.34. The summed E-state index contributed by atoms with van der Waals surface area (Å²) in [6.07, 6.45) is 0. The minimum absolute atomic E-state index is 0.166. The highest BCUT2D eigenvalue weighted by molar-refractivity contribution is 5.94. The first kappa shape index (κ1) is 14.7. The average Bonchev–Trinajstić information content (AvgIpc) is 2.52. The second-order valence-corrected chi connectivity index (χ2v) is 4.41. The van der Waals surface area contributed by atoms with Crippen LogP contribution in [0, 0.1) is 0 Å². The smallest absolute Gasteiger partial charge is 0.251 e. The molecule has 110 valence electrons. The molecule has 1 amide bonds. The third-order valence-corrected chi connectivity index (χ3v) is 2.86. The van der Waals surface area contributed by atoms with Gasteiger partial charge in [-0.25, -0.2) is 0 Å². The summed E-state index contributed by atoms with van der Waals surface area (Å²) in [7, 11) is 1.61. The highest BCUT2D eigenvalue weighted by Gasteiger charge is 2.04. The summed E-state index contributed by atoms with van der Waals surface area (Å²) in [5, 5.41) is 2.77. The number of hydrogen-bond acceptors (Lipinski definition) is 4. The zero-order valence-corrected chi connectivity index (χ0v) is 11.8. The highest BCUT2D eigenvalue weighted by Crippen LogP contribution is 2.16. The fourth-order valence-corrected chi connectivity index (χ4v) is 1.79. The number of nitrogens with two attached hydrogens (primary N) is 1. The minimum Gasteiger partial charge on any atom is -0.497 e. The van der Waals surface area contributed by atoms with E-state index < -0.39 is 0 Å². The second-order valence-electron chi connectivity index (χ2n) is 4.41. The molecule has 0 saturated heterocycles. The maximum absolute atomic E-state index is 11.9. The van der Waals surface area contributed by atoms with Crippen LogP contribution in [0.25, 0.3) is 0 Å². The summed E-state index contributed by atoms with van der Waals surface area (Å²) < 4.78 is 10.6. The van der Waals surface area contributed by atoms with Crippen LogP contribution in [0.2, 0.25) is 0 Å². The Balaban J connectivity index is 1.75. The number of carbonyl (C=O) groups is 1. The van der Waals surface area contributed by atoms with E-state index in [9.17, 15) is 4.79 Å². The number of hydrogen-bond donors (Lipinski definition) is 2. The maximum Gasteiger partial charge on any atom is 0.251 e.